The van der Waals surface area contributed by atoms with E-state index in [1.54, 1.807) is 12.1 Å². The lowest BCUT2D eigenvalue weighted by molar-refractivity contribution is -0.438. The summed E-state index contributed by atoms with van der Waals surface area (Å²) in [7, 11) is -4.40. The first-order valence-corrected chi connectivity index (χ1v) is 25.4. The summed E-state index contributed by atoms with van der Waals surface area (Å²) in [6, 6.07) is 19.4. The van der Waals surface area contributed by atoms with Gasteiger partial charge < -0.3 is 25.7 Å². The number of nitrogen functional groups attached to an aromatic ring is 1. The second-order valence-corrected chi connectivity index (χ2v) is 20.5. The first kappa shape index (κ1) is 49.3. The Kier molecular flexibility index (Phi) is 14.9. The quantitative estimate of drug-likeness (QED) is 0.0269. The number of anilines is 2. The lowest BCUT2D eigenvalue weighted by Gasteiger charge is -2.27. The van der Waals surface area contributed by atoms with Gasteiger partial charge >= 0.3 is 0 Å². The van der Waals surface area contributed by atoms with Crippen molar-refractivity contribution in [1.29, 1.82) is 0 Å². The Hall–Kier alpha value is -7.16. The molecule has 0 saturated heterocycles. The smallest absolute Gasteiger partial charge is 0.294 e. The van der Waals surface area contributed by atoms with Crippen molar-refractivity contribution in [3.05, 3.63) is 179 Å². The maximum absolute atomic E-state index is 12.9. The third-order valence-electron chi connectivity index (χ3n) is 13.3. The van der Waals surface area contributed by atoms with Gasteiger partial charge in [-0.15, -0.1) is 0 Å². The second kappa shape index (κ2) is 21.2. The Morgan fingerprint density at radius 3 is 2.49 bits per heavy atom. The normalized spacial score (nSPS) is 17.5. The van der Waals surface area contributed by atoms with Crippen LogP contribution in [0.1, 0.15) is 94.0 Å². The van der Waals surface area contributed by atoms with Crippen molar-refractivity contribution in [2.24, 2.45) is 0 Å². The van der Waals surface area contributed by atoms with Crippen LogP contribution >= 0.6 is 0 Å². The molecule has 0 radical (unpaired) electrons. The van der Waals surface area contributed by atoms with Crippen LogP contribution in [0.15, 0.2) is 156 Å². The summed E-state index contributed by atoms with van der Waals surface area (Å²) in [5.41, 5.74) is 17.1. The molecule has 1 aliphatic carbocycles. The summed E-state index contributed by atoms with van der Waals surface area (Å²) in [5.74, 6) is 0.403. The van der Waals surface area contributed by atoms with Crippen LogP contribution < -0.4 is 20.7 Å². The van der Waals surface area contributed by atoms with E-state index in [4.69, 9.17) is 10.5 Å². The molecule has 0 bridgehead atoms. The number of hydrogen-bond acceptors (Lipinski definition) is 9. The van der Waals surface area contributed by atoms with Gasteiger partial charge in [-0.3, -0.25) is 9.35 Å². The van der Waals surface area contributed by atoms with Crippen molar-refractivity contribution in [1.82, 2.24) is 25.3 Å². The molecule has 1 amide bonds. The molecular formula is C56H63N8O5S+. The van der Waals surface area contributed by atoms with E-state index < -0.39 is 15.5 Å². The number of amides is 1. The van der Waals surface area contributed by atoms with E-state index in [0.717, 1.165) is 60.3 Å². The predicted octanol–water partition coefficient (Wildman–Crippen LogP) is 10.5. The van der Waals surface area contributed by atoms with Crippen LogP contribution in [0, 0.1) is 6.92 Å². The Balaban J connectivity index is 0.894. The lowest BCUT2D eigenvalue weighted by Crippen LogP contribution is -2.28. The summed E-state index contributed by atoms with van der Waals surface area (Å²) in [5, 5.41) is 3.04. The molecule has 0 fully saturated rings. The number of nitrogens with zero attached hydrogens (tertiary/aromatic N) is 5. The monoisotopic (exact) mass is 959 g/mol. The first-order chi connectivity index (χ1) is 33.6. The fourth-order valence-corrected chi connectivity index (χ4v) is 10.0. The zero-order valence-corrected chi connectivity index (χ0v) is 41.5. The molecule has 3 aliphatic rings. The van der Waals surface area contributed by atoms with E-state index in [9.17, 15) is 17.8 Å². The number of carbonyl (C=O) groups is 1. The number of aryl methyl sites for hydroxylation is 1. The first-order valence-electron chi connectivity index (χ1n) is 24.0. The van der Waals surface area contributed by atoms with E-state index in [0.29, 0.717) is 43.0 Å². The lowest BCUT2D eigenvalue weighted by atomic mass is 9.81. The summed E-state index contributed by atoms with van der Waals surface area (Å²) >= 11 is 0. The predicted molar refractivity (Wildman–Crippen MR) is 279 cm³/mol. The molecule has 2 aliphatic heterocycles. The standard InChI is InChI=1S/C56H62N8O5S/c1-39-24-30-46-44(34-39)55(2,3)48(64(46)33-17-20-40-18-11-7-6-8-12-19-40)21-13-9-14-22-49-56(4,5)45-35-43(70(66,67)68)29-31-47(45)63(49)32-16-10-15-23-50(65)58-36-41-25-27-42(28-26-41)37-69-53-51-52(60-38-59-51)61-54(57)62-53/h6-9,11-14,18-19,21-22,24-31,34-35,38H,10,15-17,20,23,32-33,36-37H2,1-5H3,(H4-,57,58,59,60,61,62,65,66,67,68)/p+1/b7-6-,8-6?,11-7?,12-8-,18-11?,19-12?,40-18?,40-19?. The van der Waals surface area contributed by atoms with Gasteiger partial charge in [0.25, 0.3) is 10.1 Å². The van der Waals surface area contributed by atoms with Gasteiger partial charge in [-0.25, -0.2) is 4.98 Å². The Morgan fingerprint density at radius 2 is 1.67 bits per heavy atom. The van der Waals surface area contributed by atoms with Gasteiger partial charge in [0.1, 0.15) is 18.7 Å². The van der Waals surface area contributed by atoms with Crippen LogP contribution in [0.4, 0.5) is 17.3 Å². The summed E-state index contributed by atoms with van der Waals surface area (Å²) < 4.78 is 42.6. The maximum atomic E-state index is 12.9. The van der Waals surface area contributed by atoms with Crippen molar-refractivity contribution in [3.8, 4) is 5.88 Å². The number of aromatic nitrogens is 4. The third kappa shape index (κ3) is 11.3. The van der Waals surface area contributed by atoms with Gasteiger partial charge in [0, 0.05) is 60.4 Å². The topological polar surface area (TPSA) is 179 Å². The number of carbonyl (C=O) groups excluding carboxylic acids is 1. The second-order valence-electron chi connectivity index (χ2n) is 19.1. The minimum absolute atomic E-state index is 0.0152. The van der Waals surface area contributed by atoms with Gasteiger partial charge in [-0.05, 0) is 93.0 Å². The van der Waals surface area contributed by atoms with Crippen LogP contribution in [-0.2, 0) is 38.9 Å². The number of aromatic amines is 1. The number of rotatable bonds is 19. The molecule has 2 aromatic heterocycles. The van der Waals surface area contributed by atoms with Crippen molar-refractivity contribution >= 4 is 50.2 Å². The molecule has 70 heavy (non-hydrogen) atoms. The number of nitrogens with two attached hydrogens (primary N) is 1. The average Bonchev–Trinajstić information content (AvgIpc) is 3.93. The number of allylic oxidation sites excluding steroid dienone is 14. The molecule has 13 nitrogen and oxygen atoms in total. The number of ether oxygens (including phenoxy) is 1. The number of hydrogen-bond donors (Lipinski definition) is 4. The van der Waals surface area contributed by atoms with Crippen molar-refractivity contribution in [3.63, 3.8) is 0 Å². The largest absolute Gasteiger partial charge is 0.471 e. The molecule has 0 saturated carbocycles. The van der Waals surface area contributed by atoms with Crippen molar-refractivity contribution in [2.75, 3.05) is 23.7 Å². The van der Waals surface area contributed by atoms with E-state index >= 15 is 0 Å². The Labute approximate surface area is 411 Å². The van der Waals surface area contributed by atoms with Gasteiger partial charge in [0.2, 0.25) is 23.4 Å². The zero-order valence-electron chi connectivity index (χ0n) is 40.7. The van der Waals surface area contributed by atoms with E-state index in [-0.39, 0.29) is 28.8 Å². The maximum Gasteiger partial charge on any atom is 0.294 e. The fourth-order valence-electron chi connectivity index (χ4n) is 9.51. The zero-order chi connectivity index (χ0) is 49.5. The fraction of sp³-hybridized carbons (Fsp3) is 0.304. The minimum Gasteiger partial charge on any atom is -0.471 e. The highest BCUT2D eigenvalue weighted by Gasteiger charge is 2.45. The molecular weight excluding hydrogens is 897 g/mol. The number of fused-ring (bicyclic) bond motifs is 3. The van der Waals surface area contributed by atoms with E-state index in [1.165, 1.54) is 40.5 Å². The highest BCUT2D eigenvalue weighted by molar-refractivity contribution is 7.85. The summed E-state index contributed by atoms with van der Waals surface area (Å²) in [4.78, 5) is 30.6. The Morgan fingerprint density at radius 1 is 0.886 bits per heavy atom. The number of unbranched alkanes of at least 4 members (excludes halogenated alkanes) is 2. The van der Waals surface area contributed by atoms with Gasteiger partial charge in [0.05, 0.1) is 16.6 Å². The van der Waals surface area contributed by atoms with Gasteiger partial charge in [-0.2, -0.15) is 23.0 Å². The number of nitrogens with one attached hydrogen (secondary N) is 2. The summed E-state index contributed by atoms with van der Waals surface area (Å²) in [6.45, 7) is 13.2. The van der Waals surface area contributed by atoms with Gasteiger partial charge in [0.15, 0.2) is 11.4 Å². The third-order valence-corrected chi connectivity index (χ3v) is 14.1. The molecule has 4 heterocycles. The Bertz CT molecular complexity index is 3130. The number of imidazole rings is 1. The van der Waals surface area contributed by atoms with Crippen LogP contribution in [0.2, 0.25) is 0 Å². The van der Waals surface area contributed by atoms with Crippen LogP contribution in [0.25, 0.3) is 11.2 Å². The van der Waals surface area contributed by atoms with Crippen LogP contribution in [0.3, 0.4) is 0 Å². The highest BCUT2D eigenvalue weighted by atomic mass is 32.2. The molecule has 5 N–H and O–H groups in total. The number of benzene rings is 3. The molecule has 0 spiro atoms. The molecule has 3 aromatic carbocycles. The molecule has 5 aromatic rings. The number of H-pyrrole nitrogens is 1. The van der Waals surface area contributed by atoms with Crippen LogP contribution in [-0.4, -0.2) is 62.2 Å². The summed E-state index contributed by atoms with van der Waals surface area (Å²) in [6.07, 6.45) is 31.6. The minimum atomic E-state index is -4.40. The molecule has 14 heteroatoms. The molecule has 8 rings (SSSR count). The average molecular weight is 960 g/mol. The van der Waals surface area contributed by atoms with Gasteiger partial charge in [-0.1, -0.05) is 117 Å². The molecule has 0 atom stereocenters. The highest BCUT2D eigenvalue weighted by Crippen LogP contribution is 2.48. The van der Waals surface area contributed by atoms with Crippen LogP contribution in [0.5, 0.6) is 5.88 Å². The molecule has 362 valence electrons. The van der Waals surface area contributed by atoms with Crippen molar-refractivity contribution < 1.29 is 27.1 Å². The van der Waals surface area contributed by atoms with E-state index in [2.05, 4.69) is 154 Å². The molecule has 0 unspecified atom stereocenters. The van der Waals surface area contributed by atoms with E-state index in [1.807, 2.05) is 30.3 Å². The van der Waals surface area contributed by atoms with Crippen molar-refractivity contribution in [2.45, 2.75) is 102 Å². The SMILES string of the molecule is Cc1ccc2c(c1)C(C)(C)C(=CC=CC=CC1=[N+](CCCCCC(=O)NCc3ccc(COc4nc(N)nc5nc[nH]c45)cc3)c3ccc(S(=O)(=O)O)cc3C1(C)C)N2CCCC1=C/C=C\C=C/C=C1.